The summed E-state index contributed by atoms with van der Waals surface area (Å²) in [5.41, 5.74) is 0.294. The van der Waals surface area contributed by atoms with E-state index < -0.39 is 21.9 Å². The number of para-hydroxylation sites is 1. The van der Waals surface area contributed by atoms with Crippen molar-refractivity contribution >= 4 is 49.2 Å². The van der Waals surface area contributed by atoms with Crippen LogP contribution in [0.3, 0.4) is 0 Å². The molecule has 7 nitrogen and oxygen atoms in total. The number of anilines is 2. The van der Waals surface area contributed by atoms with Crippen LogP contribution in [0.1, 0.15) is 20.7 Å². The summed E-state index contributed by atoms with van der Waals surface area (Å²) < 4.78 is 28.5. The van der Waals surface area contributed by atoms with Gasteiger partial charge in [-0.3, -0.25) is 9.52 Å². The minimum absolute atomic E-state index is 0.0526. The predicted octanol–water partition coefficient (Wildman–Crippen LogP) is 2.87. The van der Waals surface area contributed by atoms with Crippen LogP contribution in [0.4, 0.5) is 11.4 Å². The summed E-state index contributed by atoms with van der Waals surface area (Å²) in [5, 5.41) is 13.6. The molecule has 0 fully saturated rings. The molecule has 2 N–H and O–H groups in total. The Hall–Kier alpha value is -3.17. The number of nitrogens with one attached hydrogen (secondary N) is 2. The largest absolute Gasteiger partial charge is 0.545 e. The van der Waals surface area contributed by atoms with Crippen molar-refractivity contribution in [2.45, 2.75) is 4.90 Å². The first-order valence-electron chi connectivity index (χ1n) is 8.26. The van der Waals surface area contributed by atoms with Crippen molar-refractivity contribution in [3.8, 4) is 0 Å². The molecule has 1 amide bonds. The van der Waals surface area contributed by atoms with Gasteiger partial charge in [0.15, 0.2) is 0 Å². The van der Waals surface area contributed by atoms with Gasteiger partial charge in [-0.1, -0.05) is 40.2 Å². The summed E-state index contributed by atoms with van der Waals surface area (Å²) in [6, 6.07) is 17.8. The van der Waals surface area contributed by atoms with Crippen molar-refractivity contribution < 1.29 is 23.1 Å². The summed E-state index contributed by atoms with van der Waals surface area (Å²) in [4.78, 5) is 23.6. The molecule has 9 heteroatoms. The molecule has 0 spiro atoms. The van der Waals surface area contributed by atoms with Gasteiger partial charge in [0, 0.05) is 21.3 Å². The Labute approximate surface area is 175 Å². The minimum Gasteiger partial charge on any atom is -0.545 e. The van der Waals surface area contributed by atoms with Crippen molar-refractivity contribution in [1.29, 1.82) is 0 Å². The van der Waals surface area contributed by atoms with E-state index in [0.29, 0.717) is 5.69 Å². The number of amides is 1. The Balaban J connectivity index is 1.84. The topological polar surface area (TPSA) is 115 Å². The molecule has 0 aliphatic rings. The number of carboxylic acid groups (broad SMARTS) is 1. The van der Waals surface area contributed by atoms with Gasteiger partial charge in [0.1, 0.15) is 0 Å². The van der Waals surface area contributed by atoms with E-state index in [2.05, 4.69) is 26.0 Å². The van der Waals surface area contributed by atoms with Gasteiger partial charge in [0.2, 0.25) is 0 Å². The van der Waals surface area contributed by atoms with Crippen molar-refractivity contribution in [2.24, 2.45) is 0 Å². The highest BCUT2D eigenvalue weighted by atomic mass is 79.9. The Morgan fingerprint density at radius 1 is 0.897 bits per heavy atom. The van der Waals surface area contributed by atoms with Crippen LogP contribution in [0, 0.1) is 0 Å². The van der Waals surface area contributed by atoms with Gasteiger partial charge >= 0.3 is 0 Å². The first kappa shape index (κ1) is 20.6. The number of hydrogen-bond donors (Lipinski definition) is 2. The molecule has 0 bridgehead atoms. The molecular weight excluding hydrogens is 460 g/mol. The van der Waals surface area contributed by atoms with Crippen molar-refractivity contribution in [2.75, 3.05) is 10.0 Å². The highest BCUT2D eigenvalue weighted by Crippen LogP contribution is 2.20. The smallest absolute Gasteiger partial charge is 0.261 e. The normalized spacial score (nSPS) is 10.9. The number of carboxylic acids is 1. The number of carbonyl (C=O) groups excluding carboxylic acids is 2. The summed E-state index contributed by atoms with van der Waals surface area (Å²) in [6.07, 6.45) is 0. The molecule has 29 heavy (non-hydrogen) atoms. The maximum atomic E-state index is 12.6. The zero-order chi connectivity index (χ0) is 21.0. The summed E-state index contributed by atoms with van der Waals surface area (Å²) in [6.45, 7) is 0. The zero-order valence-electron chi connectivity index (χ0n) is 14.8. The molecule has 148 valence electrons. The molecule has 0 aliphatic carbocycles. The van der Waals surface area contributed by atoms with Crippen LogP contribution >= 0.6 is 15.9 Å². The lowest BCUT2D eigenvalue weighted by molar-refractivity contribution is -0.254. The lowest BCUT2D eigenvalue weighted by atomic mass is 10.1. The quantitative estimate of drug-likeness (QED) is 0.570. The fraction of sp³-hybridized carbons (Fsp3) is 0. The predicted molar refractivity (Wildman–Crippen MR) is 110 cm³/mol. The molecule has 0 saturated carbocycles. The second-order valence-electron chi connectivity index (χ2n) is 5.93. The highest BCUT2D eigenvalue weighted by Gasteiger charge is 2.17. The molecule has 3 aromatic carbocycles. The van der Waals surface area contributed by atoms with Crippen molar-refractivity contribution in [3.05, 3.63) is 88.4 Å². The second kappa shape index (κ2) is 8.46. The maximum Gasteiger partial charge on any atom is 0.261 e. The van der Waals surface area contributed by atoms with E-state index in [-0.39, 0.29) is 21.7 Å². The SMILES string of the molecule is O=C(Nc1ccccc1C(=O)[O-])c1cccc(S(=O)(=O)Nc2ccc(Br)cc2)c1. The number of rotatable bonds is 6. The van der Waals surface area contributed by atoms with Gasteiger partial charge in [-0.2, -0.15) is 0 Å². The van der Waals surface area contributed by atoms with Gasteiger partial charge in [0.05, 0.1) is 16.6 Å². The Morgan fingerprint density at radius 3 is 2.28 bits per heavy atom. The molecule has 3 aromatic rings. The fourth-order valence-electron chi connectivity index (χ4n) is 2.50. The third-order valence-corrected chi connectivity index (χ3v) is 5.81. The van der Waals surface area contributed by atoms with E-state index in [1.807, 2.05) is 0 Å². The Bertz CT molecular complexity index is 1180. The standard InChI is InChI=1S/C20H15BrN2O5S/c21-14-8-10-15(11-9-14)23-29(27,28)16-5-3-4-13(12-16)19(24)22-18-7-2-1-6-17(18)20(25)26/h1-12,23H,(H,22,24)(H,25,26)/p-1. The van der Waals surface area contributed by atoms with E-state index in [9.17, 15) is 23.1 Å². The first-order valence-corrected chi connectivity index (χ1v) is 10.5. The Morgan fingerprint density at radius 2 is 1.59 bits per heavy atom. The number of carbonyl (C=O) groups is 2. The van der Waals surface area contributed by atoms with Gasteiger partial charge in [0.25, 0.3) is 15.9 Å². The van der Waals surface area contributed by atoms with Gasteiger partial charge in [-0.15, -0.1) is 0 Å². The van der Waals surface area contributed by atoms with Crippen molar-refractivity contribution in [3.63, 3.8) is 0 Å². The molecule has 0 aliphatic heterocycles. The van der Waals surface area contributed by atoms with Crippen LogP contribution in [0.5, 0.6) is 0 Å². The van der Waals surface area contributed by atoms with Crippen LogP contribution < -0.4 is 15.1 Å². The average molecular weight is 474 g/mol. The van der Waals surface area contributed by atoms with Crippen LogP contribution in [0.25, 0.3) is 0 Å². The monoisotopic (exact) mass is 473 g/mol. The average Bonchev–Trinajstić information content (AvgIpc) is 2.70. The lowest BCUT2D eigenvalue weighted by Gasteiger charge is -2.12. The first-order chi connectivity index (χ1) is 13.8. The third kappa shape index (κ3) is 5.01. The molecular formula is C20H14BrN2O5S-. The second-order valence-corrected chi connectivity index (χ2v) is 8.53. The van der Waals surface area contributed by atoms with Gasteiger partial charge in [-0.05, 0) is 48.5 Å². The molecule has 0 unspecified atom stereocenters. The third-order valence-electron chi connectivity index (χ3n) is 3.90. The molecule has 0 aromatic heterocycles. The fourth-order valence-corrected chi connectivity index (χ4v) is 3.87. The van der Waals surface area contributed by atoms with E-state index in [4.69, 9.17) is 0 Å². The lowest BCUT2D eigenvalue weighted by Crippen LogP contribution is -2.24. The minimum atomic E-state index is -3.93. The summed E-state index contributed by atoms with van der Waals surface area (Å²) in [7, 11) is -3.93. The highest BCUT2D eigenvalue weighted by molar-refractivity contribution is 9.10. The van der Waals surface area contributed by atoms with Crippen LogP contribution in [0.2, 0.25) is 0 Å². The number of benzene rings is 3. The maximum absolute atomic E-state index is 12.6. The van der Waals surface area contributed by atoms with Crippen LogP contribution in [0.15, 0.2) is 82.2 Å². The summed E-state index contributed by atoms with van der Waals surface area (Å²) >= 11 is 3.27. The molecule has 0 heterocycles. The van der Waals surface area contributed by atoms with Gasteiger partial charge < -0.3 is 15.2 Å². The number of sulfonamides is 1. The Kier molecular flexibility index (Phi) is 6.00. The van der Waals surface area contributed by atoms with E-state index in [0.717, 1.165) is 4.47 Å². The van der Waals surface area contributed by atoms with E-state index in [1.54, 1.807) is 30.3 Å². The molecule has 3 rings (SSSR count). The van der Waals surface area contributed by atoms with Crippen molar-refractivity contribution in [1.82, 2.24) is 0 Å². The molecule has 0 saturated heterocycles. The number of hydrogen-bond acceptors (Lipinski definition) is 5. The van der Waals surface area contributed by atoms with E-state index >= 15 is 0 Å². The number of halogens is 1. The molecule has 0 radical (unpaired) electrons. The summed E-state index contributed by atoms with van der Waals surface area (Å²) in [5.74, 6) is -2.09. The number of aromatic carboxylic acids is 1. The van der Waals surface area contributed by atoms with Gasteiger partial charge in [-0.25, -0.2) is 8.42 Å². The van der Waals surface area contributed by atoms with E-state index in [1.165, 1.54) is 42.5 Å². The van der Waals surface area contributed by atoms with Crippen LogP contribution in [-0.4, -0.2) is 20.3 Å². The molecule has 0 atom stereocenters. The zero-order valence-corrected chi connectivity index (χ0v) is 17.2. The van der Waals surface area contributed by atoms with Crippen LogP contribution in [-0.2, 0) is 10.0 Å².